The van der Waals surface area contributed by atoms with Crippen molar-refractivity contribution in [3.63, 3.8) is 0 Å². The Kier molecular flexibility index (Phi) is 5.51. The van der Waals surface area contributed by atoms with Gasteiger partial charge in [-0.1, -0.05) is 12.1 Å². The van der Waals surface area contributed by atoms with Gasteiger partial charge in [0.25, 0.3) is 0 Å². The number of benzene rings is 1. The lowest BCUT2D eigenvalue weighted by atomic mass is 10.1. The second-order valence-corrected chi connectivity index (χ2v) is 2.78. The molecule has 1 atom stereocenters. The van der Waals surface area contributed by atoms with Crippen molar-refractivity contribution in [3.8, 4) is 5.75 Å². The molecule has 0 aliphatic carbocycles. The maximum atomic E-state index is 5.06. The van der Waals surface area contributed by atoms with E-state index in [4.69, 9.17) is 4.74 Å². The predicted molar refractivity (Wildman–Crippen MR) is 57.7 cm³/mol. The van der Waals surface area contributed by atoms with Crippen LogP contribution in [-0.2, 0) is 0 Å². The van der Waals surface area contributed by atoms with Crippen LogP contribution in [0.4, 0.5) is 0 Å². The van der Waals surface area contributed by atoms with E-state index in [1.807, 2.05) is 19.2 Å². The number of halogens is 1. The van der Waals surface area contributed by atoms with Gasteiger partial charge in [0.2, 0.25) is 0 Å². The first-order valence-corrected chi connectivity index (χ1v) is 4.09. The zero-order valence-electron chi connectivity index (χ0n) is 8.20. The van der Waals surface area contributed by atoms with Crippen molar-refractivity contribution in [2.45, 2.75) is 13.0 Å². The minimum atomic E-state index is 0. The van der Waals surface area contributed by atoms with Crippen LogP contribution in [0.15, 0.2) is 24.3 Å². The molecule has 0 saturated heterocycles. The molecule has 0 unspecified atom stereocenters. The molecule has 0 radical (unpaired) electrons. The molecule has 0 aliphatic rings. The standard InChI is InChI=1S/C10H15NO.ClH/c1-8(11-2)9-4-6-10(12-3)7-5-9;/h4-8,11H,1-3H3;1H/t8-;/m1./s1. The third kappa shape index (κ3) is 3.25. The average molecular weight is 202 g/mol. The quantitative estimate of drug-likeness (QED) is 0.811. The van der Waals surface area contributed by atoms with Gasteiger partial charge in [-0.2, -0.15) is 0 Å². The maximum absolute atomic E-state index is 5.06. The molecule has 0 aliphatic heterocycles. The van der Waals surface area contributed by atoms with Crippen molar-refractivity contribution in [1.29, 1.82) is 0 Å². The lowest BCUT2D eigenvalue weighted by Gasteiger charge is -2.10. The first kappa shape index (κ1) is 12.3. The lowest BCUT2D eigenvalue weighted by molar-refractivity contribution is 0.414. The molecule has 1 N–H and O–H groups in total. The van der Waals surface area contributed by atoms with Crippen LogP contribution in [0.3, 0.4) is 0 Å². The molecule has 0 fully saturated rings. The molecule has 13 heavy (non-hydrogen) atoms. The highest BCUT2D eigenvalue weighted by molar-refractivity contribution is 5.85. The molecular weight excluding hydrogens is 186 g/mol. The molecule has 1 rings (SSSR count). The van der Waals surface area contributed by atoms with E-state index in [1.54, 1.807) is 7.11 Å². The fourth-order valence-electron chi connectivity index (χ4n) is 1.06. The van der Waals surface area contributed by atoms with Crippen molar-refractivity contribution >= 4 is 12.4 Å². The first-order valence-electron chi connectivity index (χ1n) is 4.09. The van der Waals surface area contributed by atoms with Gasteiger partial charge in [0, 0.05) is 6.04 Å². The van der Waals surface area contributed by atoms with Gasteiger partial charge in [-0.05, 0) is 31.7 Å². The second-order valence-electron chi connectivity index (χ2n) is 2.78. The summed E-state index contributed by atoms with van der Waals surface area (Å²) in [5.74, 6) is 0.905. The van der Waals surface area contributed by atoms with Gasteiger partial charge in [-0.25, -0.2) is 0 Å². The average Bonchev–Trinajstić information content (AvgIpc) is 2.17. The first-order chi connectivity index (χ1) is 5.77. The molecule has 0 spiro atoms. The van der Waals surface area contributed by atoms with Gasteiger partial charge < -0.3 is 10.1 Å². The Bertz CT molecular complexity index is 235. The van der Waals surface area contributed by atoms with Gasteiger partial charge in [0.1, 0.15) is 5.75 Å². The number of hydrogen-bond donors (Lipinski definition) is 1. The van der Waals surface area contributed by atoms with E-state index in [0.717, 1.165) is 5.75 Å². The van der Waals surface area contributed by atoms with Crippen molar-refractivity contribution in [2.24, 2.45) is 0 Å². The Morgan fingerprint density at radius 1 is 1.23 bits per heavy atom. The summed E-state index contributed by atoms with van der Waals surface area (Å²) in [5, 5.41) is 3.18. The molecule has 74 valence electrons. The van der Waals surface area contributed by atoms with Gasteiger partial charge in [0.15, 0.2) is 0 Å². The highest BCUT2D eigenvalue weighted by atomic mass is 35.5. The van der Waals surface area contributed by atoms with Crippen molar-refractivity contribution in [1.82, 2.24) is 5.32 Å². The number of nitrogens with one attached hydrogen (secondary N) is 1. The molecule has 2 nitrogen and oxygen atoms in total. The smallest absolute Gasteiger partial charge is 0.118 e. The summed E-state index contributed by atoms with van der Waals surface area (Å²) in [6.07, 6.45) is 0. The summed E-state index contributed by atoms with van der Waals surface area (Å²) in [5.41, 5.74) is 1.28. The number of methoxy groups -OCH3 is 1. The highest BCUT2D eigenvalue weighted by Gasteiger charge is 2.00. The third-order valence-electron chi connectivity index (χ3n) is 2.05. The third-order valence-corrected chi connectivity index (χ3v) is 2.05. The van der Waals surface area contributed by atoms with Crippen molar-refractivity contribution in [3.05, 3.63) is 29.8 Å². The zero-order valence-corrected chi connectivity index (χ0v) is 9.02. The number of ether oxygens (including phenoxy) is 1. The van der Waals surface area contributed by atoms with Crippen LogP contribution in [0, 0.1) is 0 Å². The van der Waals surface area contributed by atoms with Gasteiger partial charge in [-0.15, -0.1) is 12.4 Å². The Hall–Kier alpha value is -0.730. The summed E-state index contributed by atoms with van der Waals surface area (Å²) in [6.45, 7) is 2.13. The van der Waals surface area contributed by atoms with Gasteiger partial charge in [0.05, 0.1) is 7.11 Å². The summed E-state index contributed by atoms with van der Waals surface area (Å²) in [7, 11) is 3.63. The molecule has 3 heteroatoms. The Morgan fingerprint density at radius 2 is 1.77 bits per heavy atom. The van der Waals surface area contributed by atoms with E-state index < -0.39 is 0 Å². The van der Waals surface area contributed by atoms with Gasteiger partial charge in [-0.3, -0.25) is 0 Å². The largest absolute Gasteiger partial charge is 0.497 e. The summed E-state index contributed by atoms with van der Waals surface area (Å²) < 4.78 is 5.06. The monoisotopic (exact) mass is 201 g/mol. The zero-order chi connectivity index (χ0) is 8.97. The van der Waals surface area contributed by atoms with E-state index in [9.17, 15) is 0 Å². The molecule has 1 aromatic carbocycles. The molecule has 0 amide bonds. The van der Waals surface area contributed by atoms with Gasteiger partial charge >= 0.3 is 0 Å². The lowest BCUT2D eigenvalue weighted by Crippen LogP contribution is -2.11. The van der Waals surface area contributed by atoms with E-state index in [0.29, 0.717) is 6.04 Å². The van der Waals surface area contributed by atoms with Crippen LogP contribution in [0.2, 0.25) is 0 Å². The van der Waals surface area contributed by atoms with E-state index in [2.05, 4.69) is 24.4 Å². The maximum Gasteiger partial charge on any atom is 0.118 e. The Balaban J connectivity index is 0.00000144. The molecule has 0 bridgehead atoms. The minimum absolute atomic E-state index is 0. The SMILES string of the molecule is CN[C@H](C)c1ccc(OC)cc1.Cl. The van der Waals surface area contributed by atoms with Crippen LogP contribution in [0.25, 0.3) is 0 Å². The topological polar surface area (TPSA) is 21.3 Å². The van der Waals surface area contributed by atoms with Crippen molar-refractivity contribution < 1.29 is 4.74 Å². The van der Waals surface area contributed by atoms with Crippen LogP contribution < -0.4 is 10.1 Å². The Labute approximate surface area is 85.7 Å². The molecular formula is C10H16ClNO. The molecule has 0 heterocycles. The minimum Gasteiger partial charge on any atom is -0.497 e. The van der Waals surface area contributed by atoms with Crippen LogP contribution in [-0.4, -0.2) is 14.2 Å². The van der Waals surface area contributed by atoms with Crippen LogP contribution in [0.5, 0.6) is 5.75 Å². The molecule has 0 aromatic heterocycles. The van der Waals surface area contributed by atoms with E-state index in [-0.39, 0.29) is 12.4 Å². The summed E-state index contributed by atoms with van der Waals surface area (Å²) in [6, 6.07) is 8.49. The number of rotatable bonds is 3. The van der Waals surface area contributed by atoms with Crippen LogP contribution >= 0.6 is 12.4 Å². The van der Waals surface area contributed by atoms with Crippen molar-refractivity contribution in [2.75, 3.05) is 14.2 Å². The normalized spacial score (nSPS) is 11.6. The molecule has 1 aromatic rings. The summed E-state index contributed by atoms with van der Waals surface area (Å²) in [4.78, 5) is 0. The predicted octanol–water partition coefficient (Wildman–Crippen LogP) is 2.40. The summed E-state index contributed by atoms with van der Waals surface area (Å²) >= 11 is 0. The fraction of sp³-hybridized carbons (Fsp3) is 0.400. The molecule has 0 saturated carbocycles. The van der Waals surface area contributed by atoms with Crippen LogP contribution in [0.1, 0.15) is 18.5 Å². The highest BCUT2D eigenvalue weighted by Crippen LogP contribution is 2.16. The Morgan fingerprint density at radius 3 is 2.15 bits per heavy atom. The van der Waals surface area contributed by atoms with E-state index in [1.165, 1.54) is 5.56 Å². The van der Waals surface area contributed by atoms with E-state index >= 15 is 0 Å². The fourth-order valence-corrected chi connectivity index (χ4v) is 1.06. The second kappa shape index (κ2) is 5.84. The number of hydrogen-bond acceptors (Lipinski definition) is 2.